The third-order valence-electron chi connectivity index (χ3n) is 8.53. The number of H-pyrrole nitrogens is 1. The van der Waals surface area contributed by atoms with Crippen LogP contribution in [0.5, 0.6) is 0 Å². The van der Waals surface area contributed by atoms with Gasteiger partial charge in [0, 0.05) is 67.9 Å². The minimum atomic E-state index is -0.0806. The Morgan fingerprint density at radius 2 is 1.84 bits per heavy atom. The van der Waals surface area contributed by atoms with E-state index in [2.05, 4.69) is 94.7 Å². The van der Waals surface area contributed by atoms with Crippen LogP contribution >= 0.6 is 23.5 Å². The standard InChI is InChI=1S/C34H37N5O2S2/c1-22-6-3-9-27(35-22)33(23-7-5-13-38(2)21-23)36-24-11-12-29-31(18-24)42-30-10-4-8-26(34(30)43-29)28-19-25(20-32(40)37-28)39-14-16-41-17-15-39/h3-4,6,8-12,18-20,23,33,36H,5,7,13-17,21H2,1-2H3,(H,37,40). The number of benzene rings is 2. The number of nitrogens with zero attached hydrogens (tertiary/aromatic N) is 3. The molecule has 0 saturated carbocycles. The fourth-order valence-electron chi connectivity index (χ4n) is 6.41. The highest BCUT2D eigenvalue weighted by molar-refractivity contribution is 8.05. The number of aryl methyl sites for hydroxylation is 1. The molecule has 4 aromatic rings. The van der Waals surface area contributed by atoms with Gasteiger partial charge in [-0.3, -0.25) is 9.78 Å². The largest absolute Gasteiger partial charge is 0.378 e. The van der Waals surface area contributed by atoms with Crippen LogP contribution < -0.4 is 15.8 Å². The van der Waals surface area contributed by atoms with E-state index in [1.807, 2.05) is 0 Å². The zero-order valence-corrected chi connectivity index (χ0v) is 26.3. The molecule has 9 heteroatoms. The van der Waals surface area contributed by atoms with Crippen LogP contribution in [0.1, 0.15) is 30.3 Å². The molecular formula is C34H37N5O2S2. The number of morpholine rings is 1. The molecule has 2 atom stereocenters. The number of fused-ring (bicyclic) bond motifs is 2. The van der Waals surface area contributed by atoms with Gasteiger partial charge in [-0.15, -0.1) is 0 Å². The molecule has 2 aromatic carbocycles. The molecule has 0 aliphatic carbocycles. The number of hydrogen-bond acceptors (Lipinski definition) is 8. The lowest BCUT2D eigenvalue weighted by Gasteiger charge is -2.36. The summed E-state index contributed by atoms with van der Waals surface area (Å²) in [5.41, 5.74) is 6.07. The van der Waals surface area contributed by atoms with E-state index < -0.39 is 0 Å². The Morgan fingerprint density at radius 1 is 0.977 bits per heavy atom. The van der Waals surface area contributed by atoms with Crippen LogP contribution in [0.25, 0.3) is 11.3 Å². The average molecular weight is 612 g/mol. The van der Waals surface area contributed by atoms with Crippen molar-refractivity contribution in [3.63, 3.8) is 0 Å². The molecule has 3 aliphatic heterocycles. The van der Waals surface area contributed by atoms with Crippen molar-refractivity contribution in [3.8, 4) is 11.3 Å². The first-order chi connectivity index (χ1) is 21.0. The van der Waals surface area contributed by atoms with Gasteiger partial charge in [-0.1, -0.05) is 41.7 Å². The summed E-state index contributed by atoms with van der Waals surface area (Å²) in [5.74, 6) is 0.491. The summed E-state index contributed by atoms with van der Waals surface area (Å²) in [6.45, 7) is 7.25. The topological polar surface area (TPSA) is 73.5 Å². The second kappa shape index (κ2) is 12.4. The van der Waals surface area contributed by atoms with Crippen LogP contribution in [-0.4, -0.2) is 61.3 Å². The fraction of sp³-hybridized carbons (Fsp3) is 0.353. The minimum Gasteiger partial charge on any atom is -0.378 e. The summed E-state index contributed by atoms with van der Waals surface area (Å²) in [6, 6.07) is 23.4. The highest BCUT2D eigenvalue weighted by atomic mass is 32.2. The molecule has 2 unspecified atom stereocenters. The Hall–Kier alpha value is -3.24. The highest BCUT2D eigenvalue weighted by Gasteiger charge is 2.29. The summed E-state index contributed by atoms with van der Waals surface area (Å²) in [7, 11) is 2.22. The van der Waals surface area contributed by atoms with Crippen molar-refractivity contribution in [2.45, 2.75) is 45.4 Å². The Morgan fingerprint density at radius 3 is 2.67 bits per heavy atom. The van der Waals surface area contributed by atoms with Crippen molar-refractivity contribution in [2.24, 2.45) is 5.92 Å². The number of anilines is 2. The zero-order chi connectivity index (χ0) is 29.3. The maximum atomic E-state index is 12.7. The van der Waals surface area contributed by atoms with Gasteiger partial charge in [-0.2, -0.15) is 0 Å². The third-order valence-corrected chi connectivity index (χ3v) is 11.1. The maximum Gasteiger partial charge on any atom is 0.250 e. The Kier molecular flexibility index (Phi) is 8.23. The predicted molar refractivity (Wildman–Crippen MR) is 176 cm³/mol. The van der Waals surface area contributed by atoms with Gasteiger partial charge in [-0.05, 0) is 81.7 Å². The van der Waals surface area contributed by atoms with E-state index in [4.69, 9.17) is 9.72 Å². The van der Waals surface area contributed by atoms with E-state index in [9.17, 15) is 4.79 Å². The van der Waals surface area contributed by atoms with E-state index >= 15 is 0 Å². The Labute approximate surface area is 261 Å². The van der Waals surface area contributed by atoms with Crippen molar-refractivity contribution in [3.05, 3.63) is 88.5 Å². The van der Waals surface area contributed by atoms with E-state index in [1.54, 1.807) is 29.6 Å². The molecule has 7 nitrogen and oxygen atoms in total. The average Bonchev–Trinajstić information content (AvgIpc) is 3.02. The number of rotatable bonds is 6. The van der Waals surface area contributed by atoms with Crippen LogP contribution in [0, 0.1) is 12.8 Å². The van der Waals surface area contributed by atoms with E-state index in [0.717, 1.165) is 60.2 Å². The molecule has 2 saturated heterocycles. The monoisotopic (exact) mass is 611 g/mol. The number of nitrogens with one attached hydrogen (secondary N) is 2. The molecule has 0 bridgehead atoms. The van der Waals surface area contributed by atoms with E-state index in [0.29, 0.717) is 19.1 Å². The van der Waals surface area contributed by atoms with Gasteiger partial charge in [0.1, 0.15) is 0 Å². The smallest absolute Gasteiger partial charge is 0.250 e. The SMILES string of the molecule is Cc1cccc(C(Nc2ccc3c(c2)Sc2cccc(-c4cc(N5CCOCC5)cc(=O)[nH]4)c2S3)C2CCCN(C)C2)n1. The zero-order valence-electron chi connectivity index (χ0n) is 24.6. The molecular weight excluding hydrogens is 575 g/mol. The van der Waals surface area contributed by atoms with Crippen molar-refractivity contribution in [1.29, 1.82) is 0 Å². The first kappa shape index (κ1) is 28.5. The van der Waals surface area contributed by atoms with Gasteiger partial charge in [0.05, 0.1) is 30.6 Å². The number of aromatic amines is 1. The van der Waals surface area contributed by atoms with Gasteiger partial charge < -0.3 is 24.8 Å². The van der Waals surface area contributed by atoms with Gasteiger partial charge in [0.2, 0.25) is 5.56 Å². The molecule has 2 aromatic heterocycles. The lowest BCUT2D eigenvalue weighted by atomic mass is 9.88. The summed E-state index contributed by atoms with van der Waals surface area (Å²) in [6.07, 6.45) is 2.40. The quantitative estimate of drug-likeness (QED) is 0.220. The predicted octanol–water partition coefficient (Wildman–Crippen LogP) is 6.69. The second-order valence-electron chi connectivity index (χ2n) is 11.7. The number of likely N-dealkylation sites (tertiary alicyclic amines) is 1. The Bertz CT molecular complexity index is 1690. The second-order valence-corrected chi connectivity index (χ2v) is 13.8. The highest BCUT2D eigenvalue weighted by Crippen LogP contribution is 2.52. The van der Waals surface area contributed by atoms with Crippen LogP contribution in [0.15, 0.2) is 91.1 Å². The number of pyridine rings is 2. The number of hydrogen-bond donors (Lipinski definition) is 2. The fourth-order valence-corrected chi connectivity index (χ4v) is 8.82. The van der Waals surface area contributed by atoms with Crippen molar-refractivity contribution >= 4 is 34.9 Å². The maximum absolute atomic E-state index is 12.7. The molecule has 222 valence electrons. The summed E-state index contributed by atoms with van der Waals surface area (Å²) in [5, 5.41) is 3.90. The lowest BCUT2D eigenvalue weighted by Crippen LogP contribution is -2.37. The molecule has 2 N–H and O–H groups in total. The van der Waals surface area contributed by atoms with Crippen LogP contribution in [-0.2, 0) is 4.74 Å². The van der Waals surface area contributed by atoms with Gasteiger partial charge >= 0.3 is 0 Å². The molecule has 0 radical (unpaired) electrons. The number of piperidine rings is 1. The normalized spacial score (nSPS) is 19.4. The first-order valence-electron chi connectivity index (χ1n) is 15.1. The van der Waals surface area contributed by atoms with Gasteiger partial charge in [0.25, 0.3) is 0 Å². The third kappa shape index (κ3) is 6.22. The Balaban J connectivity index is 1.17. The van der Waals surface area contributed by atoms with E-state index in [1.165, 1.54) is 32.4 Å². The summed E-state index contributed by atoms with van der Waals surface area (Å²) in [4.78, 5) is 30.3. The van der Waals surface area contributed by atoms with Gasteiger partial charge in [0.15, 0.2) is 0 Å². The van der Waals surface area contributed by atoms with E-state index in [-0.39, 0.29) is 11.6 Å². The number of ether oxygens (including phenoxy) is 1. The van der Waals surface area contributed by atoms with Crippen LogP contribution in [0.3, 0.4) is 0 Å². The molecule has 0 spiro atoms. The van der Waals surface area contributed by atoms with Crippen LogP contribution in [0.4, 0.5) is 11.4 Å². The lowest BCUT2D eigenvalue weighted by molar-refractivity contribution is 0.122. The molecule has 5 heterocycles. The molecule has 3 aliphatic rings. The minimum absolute atomic E-state index is 0.0806. The van der Waals surface area contributed by atoms with Crippen molar-refractivity contribution in [2.75, 3.05) is 56.7 Å². The first-order valence-corrected chi connectivity index (χ1v) is 16.7. The molecule has 2 fully saturated rings. The summed E-state index contributed by atoms with van der Waals surface area (Å²) < 4.78 is 5.52. The molecule has 0 amide bonds. The van der Waals surface area contributed by atoms with Gasteiger partial charge in [-0.25, -0.2) is 0 Å². The molecule has 7 rings (SSSR count). The van der Waals surface area contributed by atoms with Crippen molar-refractivity contribution < 1.29 is 4.74 Å². The van der Waals surface area contributed by atoms with Crippen molar-refractivity contribution in [1.82, 2.24) is 14.9 Å². The summed E-state index contributed by atoms with van der Waals surface area (Å²) >= 11 is 3.58. The van der Waals surface area contributed by atoms with Crippen LogP contribution in [0.2, 0.25) is 0 Å². The number of aromatic nitrogens is 2. The molecule has 43 heavy (non-hydrogen) atoms.